The predicted octanol–water partition coefficient (Wildman–Crippen LogP) is 3.42. The molecule has 0 atom stereocenters. The van der Waals surface area contributed by atoms with E-state index < -0.39 is 29.1 Å². The molecule has 0 saturated carbocycles. The number of hydrogen-bond acceptors (Lipinski definition) is 2. The minimum absolute atomic E-state index is 0.110. The Bertz CT molecular complexity index is 464. The summed E-state index contributed by atoms with van der Waals surface area (Å²) >= 11 is 0. The maximum absolute atomic E-state index is 13.1. The lowest BCUT2D eigenvalue weighted by Crippen LogP contribution is -2.10. The molecule has 1 aromatic rings. The van der Waals surface area contributed by atoms with E-state index in [0.717, 1.165) is 24.3 Å². The molecule has 0 unspecified atom stereocenters. The summed E-state index contributed by atoms with van der Waals surface area (Å²) in [4.78, 5) is 11.0. The van der Waals surface area contributed by atoms with Gasteiger partial charge in [0.2, 0.25) is 0 Å². The first-order chi connectivity index (χ1) is 8.36. The number of alkyl halides is 3. The molecule has 0 fully saturated rings. The Hall–Kier alpha value is -1.85. The minimum atomic E-state index is -4.82. The van der Waals surface area contributed by atoms with E-state index in [2.05, 4.69) is 4.74 Å². The predicted molar refractivity (Wildman–Crippen MR) is 57.1 cm³/mol. The largest absolute Gasteiger partial charge is 0.463 e. The Morgan fingerprint density at radius 2 is 2.06 bits per heavy atom. The molecule has 0 bridgehead atoms. The average molecular weight is 262 g/mol. The van der Waals surface area contributed by atoms with Crippen LogP contribution in [0.5, 0.6) is 0 Å². The van der Waals surface area contributed by atoms with Crippen molar-refractivity contribution in [3.8, 4) is 0 Å². The van der Waals surface area contributed by atoms with Crippen molar-refractivity contribution in [1.82, 2.24) is 0 Å². The smallest absolute Gasteiger partial charge is 0.419 e. The van der Waals surface area contributed by atoms with Crippen LogP contribution in [-0.4, -0.2) is 12.6 Å². The normalized spacial score (nSPS) is 11.8. The molecule has 2 nitrogen and oxygen atoms in total. The van der Waals surface area contributed by atoms with Crippen LogP contribution in [0.4, 0.5) is 17.6 Å². The second-order valence-electron chi connectivity index (χ2n) is 3.29. The monoisotopic (exact) mass is 262 g/mol. The van der Waals surface area contributed by atoms with E-state index in [-0.39, 0.29) is 6.61 Å². The molecule has 1 rings (SSSR count). The summed E-state index contributed by atoms with van der Waals surface area (Å²) in [5.74, 6) is -2.16. The second kappa shape index (κ2) is 5.66. The van der Waals surface area contributed by atoms with E-state index in [1.807, 2.05) is 0 Å². The van der Waals surface area contributed by atoms with Crippen molar-refractivity contribution in [3.05, 3.63) is 41.2 Å². The van der Waals surface area contributed by atoms with Crippen LogP contribution in [0, 0.1) is 5.82 Å². The molecule has 0 heterocycles. The molecule has 98 valence electrons. The highest BCUT2D eigenvalue weighted by atomic mass is 19.4. The Morgan fingerprint density at radius 3 is 2.61 bits per heavy atom. The highest BCUT2D eigenvalue weighted by Gasteiger charge is 2.36. The maximum Gasteiger partial charge on any atom is 0.419 e. The van der Waals surface area contributed by atoms with Gasteiger partial charge >= 0.3 is 12.1 Å². The molecule has 0 aromatic heterocycles. The Kier molecular flexibility index (Phi) is 4.47. The van der Waals surface area contributed by atoms with E-state index in [4.69, 9.17) is 0 Å². The number of esters is 1. The zero-order valence-corrected chi connectivity index (χ0v) is 9.42. The zero-order valence-electron chi connectivity index (χ0n) is 9.42. The average Bonchev–Trinajstić information content (AvgIpc) is 2.25. The number of carbonyl (C=O) groups excluding carboxylic acids is 1. The lowest BCUT2D eigenvalue weighted by molar-refractivity contribution is -0.140. The molecule has 1 aromatic carbocycles. The molecule has 0 aliphatic rings. The van der Waals surface area contributed by atoms with Gasteiger partial charge in [-0.25, -0.2) is 9.18 Å². The number of rotatable bonds is 3. The molecule has 0 radical (unpaired) electrons. The van der Waals surface area contributed by atoms with E-state index in [1.54, 1.807) is 6.92 Å². The summed E-state index contributed by atoms with van der Waals surface area (Å²) < 4.78 is 55.4. The van der Waals surface area contributed by atoms with Crippen molar-refractivity contribution in [2.75, 3.05) is 6.61 Å². The Balaban J connectivity index is 3.10. The fraction of sp³-hybridized carbons (Fsp3) is 0.250. The van der Waals surface area contributed by atoms with Crippen LogP contribution in [-0.2, 0) is 15.7 Å². The van der Waals surface area contributed by atoms with Gasteiger partial charge in [-0.1, -0.05) is 12.1 Å². The number of carbonyl (C=O) groups is 1. The lowest BCUT2D eigenvalue weighted by atomic mass is 10.1. The van der Waals surface area contributed by atoms with Gasteiger partial charge in [-0.05, 0) is 24.6 Å². The van der Waals surface area contributed by atoms with E-state index >= 15 is 0 Å². The molecule has 0 spiro atoms. The summed E-state index contributed by atoms with van der Waals surface area (Å²) in [5, 5.41) is 0. The van der Waals surface area contributed by atoms with Crippen molar-refractivity contribution < 1.29 is 27.1 Å². The molecule has 0 N–H and O–H groups in total. The third kappa shape index (κ3) is 3.58. The van der Waals surface area contributed by atoms with Gasteiger partial charge in [-0.2, -0.15) is 13.2 Å². The van der Waals surface area contributed by atoms with Crippen LogP contribution in [0.25, 0.3) is 6.08 Å². The van der Waals surface area contributed by atoms with Gasteiger partial charge in [0.15, 0.2) is 0 Å². The summed E-state index contributed by atoms with van der Waals surface area (Å²) in [7, 11) is 0. The quantitative estimate of drug-likeness (QED) is 0.474. The first-order valence-electron chi connectivity index (χ1n) is 5.06. The number of ether oxygens (including phenoxy) is 1. The maximum atomic E-state index is 13.1. The zero-order chi connectivity index (χ0) is 13.8. The van der Waals surface area contributed by atoms with Gasteiger partial charge in [0.05, 0.1) is 12.2 Å². The first-order valence-corrected chi connectivity index (χ1v) is 5.06. The highest BCUT2D eigenvalue weighted by molar-refractivity contribution is 5.87. The fourth-order valence-corrected chi connectivity index (χ4v) is 1.33. The van der Waals surface area contributed by atoms with Crippen molar-refractivity contribution in [2.24, 2.45) is 0 Å². The number of benzene rings is 1. The van der Waals surface area contributed by atoms with Crippen LogP contribution in [0.1, 0.15) is 18.1 Å². The van der Waals surface area contributed by atoms with Crippen LogP contribution >= 0.6 is 0 Å². The minimum Gasteiger partial charge on any atom is -0.463 e. The van der Waals surface area contributed by atoms with Crippen molar-refractivity contribution in [1.29, 1.82) is 0 Å². The highest BCUT2D eigenvalue weighted by Crippen LogP contribution is 2.34. The van der Waals surface area contributed by atoms with Crippen LogP contribution in [0.15, 0.2) is 24.3 Å². The van der Waals surface area contributed by atoms with Gasteiger partial charge in [0.1, 0.15) is 5.82 Å². The Morgan fingerprint density at radius 1 is 1.39 bits per heavy atom. The topological polar surface area (TPSA) is 26.3 Å². The van der Waals surface area contributed by atoms with Crippen LogP contribution in [0.2, 0.25) is 0 Å². The van der Waals surface area contributed by atoms with E-state index in [0.29, 0.717) is 6.07 Å². The van der Waals surface area contributed by atoms with Gasteiger partial charge in [-0.3, -0.25) is 0 Å². The van der Waals surface area contributed by atoms with Crippen LogP contribution < -0.4 is 0 Å². The third-order valence-corrected chi connectivity index (χ3v) is 2.01. The molecule has 0 aliphatic heterocycles. The molecule has 6 heteroatoms. The van der Waals surface area contributed by atoms with E-state index in [9.17, 15) is 22.4 Å². The van der Waals surface area contributed by atoms with E-state index in [1.165, 1.54) is 0 Å². The Labute approximate surface area is 101 Å². The molecular formula is C12H10F4O2. The summed E-state index contributed by atoms with van der Waals surface area (Å²) in [6, 6.07) is 2.92. The second-order valence-corrected chi connectivity index (χ2v) is 3.29. The van der Waals surface area contributed by atoms with Gasteiger partial charge < -0.3 is 4.74 Å². The van der Waals surface area contributed by atoms with Crippen LogP contribution in [0.3, 0.4) is 0 Å². The number of hydrogen-bond donors (Lipinski definition) is 0. The van der Waals surface area contributed by atoms with Gasteiger partial charge in [0.25, 0.3) is 0 Å². The van der Waals surface area contributed by atoms with Crippen molar-refractivity contribution in [2.45, 2.75) is 13.1 Å². The third-order valence-electron chi connectivity index (χ3n) is 2.01. The summed E-state index contributed by atoms with van der Waals surface area (Å²) in [5.41, 5.74) is -1.82. The molecule has 18 heavy (non-hydrogen) atoms. The fourth-order valence-electron chi connectivity index (χ4n) is 1.33. The first kappa shape index (κ1) is 14.2. The van der Waals surface area contributed by atoms with Crippen molar-refractivity contribution >= 4 is 12.0 Å². The standard InChI is InChI=1S/C12H10F4O2/c1-2-18-10(17)7-6-8-4-3-5-9(13)11(8)12(14,15)16/h3-7H,2H2,1H3. The summed E-state index contributed by atoms with van der Waals surface area (Å²) in [6.45, 7) is 1.67. The molecular weight excluding hydrogens is 252 g/mol. The number of halogens is 4. The summed E-state index contributed by atoms with van der Waals surface area (Å²) in [6.07, 6.45) is -3.11. The lowest BCUT2D eigenvalue weighted by Gasteiger charge is -2.10. The SMILES string of the molecule is CCOC(=O)C=Cc1cccc(F)c1C(F)(F)F. The van der Waals surface area contributed by atoms with Crippen molar-refractivity contribution in [3.63, 3.8) is 0 Å². The molecule has 0 amide bonds. The molecule has 0 aliphatic carbocycles. The van der Waals surface area contributed by atoms with Gasteiger partial charge in [-0.15, -0.1) is 0 Å². The molecule has 0 saturated heterocycles. The van der Waals surface area contributed by atoms with Gasteiger partial charge in [0, 0.05) is 6.08 Å².